The first-order valence-corrected chi connectivity index (χ1v) is 11.0. The average Bonchev–Trinajstić information content (AvgIpc) is 2.29. The number of unbranched alkanes of at least 4 members (excludes halogenated alkanes) is 7. The van der Waals surface area contributed by atoms with Crippen LogP contribution < -0.4 is 5.73 Å². The van der Waals surface area contributed by atoms with Gasteiger partial charge in [-0.1, -0.05) is 58.3 Å². The van der Waals surface area contributed by atoms with Crippen molar-refractivity contribution in [3.8, 4) is 0 Å². The van der Waals surface area contributed by atoms with Crippen LogP contribution in [0.4, 0.5) is 0 Å². The first kappa shape index (κ1) is 20.3. The van der Waals surface area contributed by atoms with Crippen LogP contribution in [0.5, 0.6) is 0 Å². The molecule has 0 radical (unpaired) electrons. The first-order valence-electron chi connectivity index (χ1n) is 7.30. The maximum atomic E-state index is 11.7. The summed E-state index contributed by atoms with van der Waals surface area (Å²) in [5, 5.41) is 0. The third-order valence-corrected chi connectivity index (χ3v) is 7.65. The van der Waals surface area contributed by atoms with E-state index in [1.807, 2.05) is 0 Å². The zero-order valence-corrected chi connectivity index (χ0v) is 14.1. The third kappa shape index (κ3) is 11.0. The summed E-state index contributed by atoms with van der Waals surface area (Å²) in [7, 11) is -8.46. The molecular formula is C12H29NO5P2. The van der Waals surface area contributed by atoms with Crippen molar-refractivity contribution in [1.29, 1.82) is 0 Å². The molecule has 2 unspecified atom stereocenters. The van der Waals surface area contributed by atoms with E-state index in [4.69, 9.17) is 15.5 Å². The van der Waals surface area contributed by atoms with Crippen molar-refractivity contribution in [3.63, 3.8) is 0 Å². The van der Waals surface area contributed by atoms with Crippen LogP contribution >= 0.6 is 15.0 Å². The fourth-order valence-electron chi connectivity index (χ4n) is 2.06. The van der Waals surface area contributed by atoms with E-state index in [0.717, 1.165) is 25.7 Å². The highest BCUT2D eigenvalue weighted by molar-refractivity contribution is 7.73. The molecule has 0 aliphatic rings. The molecule has 0 amide bonds. The van der Waals surface area contributed by atoms with E-state index in [1.54, 1.807) is 0 Å². The molecule has 8 heteroatoms. The van der Waals surface area contributed by atoms with E-state index in [0.29, 0.717) is 6.42 Å². The van der Waals surface area contributed by atoms with Gasteiger partial charge in [-0.25, -0.2) is 0 Å². The smallest absolute Gasteiger partial charge is 0.335 e. The van der Waals surface area contributed by atoms with Crippen LogP contribution in [-0.4, -0.2) is 26.4 Å². The standard InChI is InChI=1S/C12H29NO5P2/c1-2-3-4-5-6-7-8-9-10-12(13)19(14,15)11-20(16,17)18/h12H,2-11,13H2,1H3,(H,14,15)(H2,16,17,18). The van der Waals surface area contributed by atoms with E-state index < -0.39 is 26.7 Å². The molecule has 0 fully saturated rings. The predicted molar refractivity (Wildman–Crippen MR) is 81.9 cm³/mol. The molecule has 0 rings (SSSR count). The molecular weight excluding hydrogens is 300 g/mol. The molecule has 122 valence electrons. The van der Waals surface area contributed by atoms with Gasteiger partial charge in [0, 0.05) is 0 Å². The maximum absolute atomic E-state index is 11.7. The minimum Gasteiger partial charge on any atom is -0.343 e. The first-order chi connectivity index (χ1) is 9.19. The highest BCUT2D eigenvalue weighted by atomic mass is 31.2. The SMILES string of the molecule is CCCCCCCCCCC(N)P(=O)(O)CP(=O)(O)O. The molecule has 0 aromatic rings. The summed E-state index contributed by atoms with van der Waals surface area (Å²) in [5.41, 5.74) is 5.58. The van der Waals surface area contributed by atoms with E-state index in [1.165, 1.54) is 25.7 Å². The Kier molecular flexibility index (Phi) is 10.2. The Labute approximate surface area is 121 Å². The lowest BCUT2D eigenvalue weighted by atomic mass is 10.1. The molecule has 0 spiro atoms. The van der Waals surface area contributed by atoms with Crippen LogP contribution in [0.25, 0.3) is 0 Å². The summed E-state index contributed by atoms with van der Waals surface area (Å²) in [6.45, 7) is 2.17. The van der Waals surface area contributed by atoms with E-state index >= 15 is 0 Å². The van der Waals surface area contributed by atoms with Crippen LogP contribution in [-0.2, 0) is 9.13 Å². The second-order valence-electron chi connectivity index (χ2n) is 5.39. The van der Waals surface area contributed by atoms with Gasteiger partial charge >= 0.3 is 7.60 Å². The highest BCUT2D eigenvalue weighted by Crippen LogP contribution is 2.57. The summed E-state index contributed by atoms with van der Waals surface area (Å²) in [6, 6.07) is 0. The number of hydrogen-bond acceptors (Lipinski definition) is 3. The van der Waals surface area contributed by atoms with Gasteiger partial charge in [0.15, 0.2) is 0 Å². The van der Waals surface area contributed by atoms with Gasteiger partial charge in [0.05, 0.1) is 5.78 Å². The molecule has 6 nitrogen and oxygen atoms in total. The van der Waals surface area contributed by atoms with Crippen LogP contribution in [0.2, 0.25) is 0 Å². The zero-order chi connectivity index (χ0) is 15.6. The Morgan fingerprint density at radius 2 is 1.35 bits per heavy atom. The molecule has 20 heavy (non-hydrogen) atoms. The molecule has 0 aliphatic heterocycles. The lowest BCUT2D eigenvalue weighted by Crippen LogP contribution is -2.21. The van der Waals surface area contributed by atoms with Crippen molar-refractivity contribution in [2.45, 2.75) is 70.5 Å². The van der Waals surface area contributed by atoms with E-state index in [-0.39, 0.29) is 0 Å². The Morgan fingerprint density at radius 3 is 1.80 bits per heavy atom. The van der Waals surface area contributed by atoms with Crippen LogP contribution in [0.3, 0.4) is 0 Å². The molecule has 0 saturated carbocycles. The van der Waals surface area contributed by atoms with Gasteiger partial charge in [-0.3, -0.25) is 9.13 Å². The molecule has 0 bridgehead atoms. The van der Waals surface area contributed by atoms with Crippen LogP contribution in [0, 0.1) is 0 Å². The van der Waals surface area contributed by atoms with Crippen molar-refractivity contribution in [3.05, 3.63) is 0 Å². The fourth-order valence-corrected chi connectivity index (χ4v) is 5.59. The summed E-state index contributed by atoms with van der Waals surface area (Å²) >= 11 is 0. The summed E-state index contributed by atoms with van der Waals surface area (Å²) in [4.78, 5) is 27.0. The average molecular weight is 329 g/mol. The Hall–Kier alpha value is 0.300. The molecule has 0 heterocycles. The number of rotatable bonds is 12. The molecule has 0 aromatic carbocycles. The quantitative estimate of drug-likeness (QED) is 0.322. The topological polar surface area (TPSA) is 121 Å². The van der Waals surface area contributed by atoms with Crippen molar-refractivity contribution in [1.82, 2.24) is 0 Å². The van der Waals surface area contributed by atoms with Gasteiger partial charge in [0.1, 0.15) is 5.90 Å². The number of nitrogens with two attached hydrogens (primary N) is 1. The summed E-state index contributed by atoms with van der Waals surface area (Å²) in [5.74, 6) is -2.05. The van der Waals surface area contributed by atoms with Gasteiger partial charge in [-0.05, 0) is 6.42 Å². The lowest BCUT2D eigenvalue weighted by Gasteiger charge is -2.19. The van der Waals surface area contributed by atoms with Gasteiger partial charge in [-0.15, -0.1) is 0 Å². The normalized spacial score (nSPS) is 16.9. The Morgan fingerprint density at radius 1 is 0.900 bits per heavy atom. The lowest BCUT2D eigenvalue weighted by molar-refractivity contribution is 0.374. The molecule has 5 N–H and O–H groups in total. The molecule has 0 saturated heterocycles. The highest BCUT2D eigenvalue weighted by Gasteiger charge is 2.34. The van der Waals surface area contributed by atoms with E-state index in [9.17, 15) is 14.0 Å². The molecule has 2 atom stereocenters. The molecule has 0 aromatic heterocycles. The summed E-state index contributed by atoms with van der Waals surface area (Å²) in [6.07, 6.45) is 9.19. The fraction of sp³-hybridized carbons (Fsp3) is 1.00. The third-order valence-electron chi connectivity index (χ3n) is 3.26. The van der Waals surface area contributed by atoms with Gasteiger partial charge in [0.25, 0.3) is 0 Å². The van der Waals surface area contributed by atoms with Crippen molar-refractivity contribution >= 4 is 15.0 Å². The second-order valence-corrected chi connectivity index (χ2v) is 10.0. The monoisotopic (exact) mass is 329 g/mol. The second kappa shape index (κ2) is 10.1. The van der Waals surface area contributed by atoms with Crippen molar-refractivity contribution in [2.75, 3.05) is 5.90 Å². The Balaban J connectivity index is 3.74. The minimum absolute atomic E-state index is 0.336. The predicted octanol–water partition coefficient (Wildman–Crippen LogP) is 3.21. The zero-order valence-electron chi connectivity index (χ0n) is 12.3. The Bertz CT molecular complexity index is 345. The maximum Gasteiger partial charge on any atom is 0.335 e. The van der Waals surface area contributed by atoms with Gasteiger partial charge < -0.3 is 20.4 Å². The van der Waals surface area contributed by atoms with E-state index in [2.05, 4.69) is 6.92 Å². The van der Waals surface area contributed by atoms with Crippen molar-refractivity contribution in [2.24, 2.45) is 5.73 Å². The van der Waals surface area contributed by atoms with Gasteiger partial charge in [-0.2, -0.15) is 0 Å². The van der Waals surface area contributed by atoms with Crippen molar-refractivity contribution < 1.29 is 23.8 Å². The number of hydrogen-bond donors (Lipinski definition) is 4. The molecule has 0 aliphatic carbocycles. The van der Waals surface area contributed by atoms with Crippen LogP contribution in [0.15, 0.2) is 0 Å². The summed E-state index contributed by atoms with van der Waals surface area (Å²) < 4.78 is 22.5. The minimum atomic E-state index is -4.49. The van der Waals surface area contributed by atoms with Crippen LogP contribution in [0.1, 0.15) is 64.7 Å². The largest absolute Gasteiger partial charge is 0.343 e. The van der Waals surface area contributed by atoms with Gasteiger partial charge in [0.2, 0.25) is 7.37 Å².